The highest BCUT2D eigenvalue weighted by Crippen LogP contribution is 2.14. The maximum absolute atomic E-state index is 6.08. The van der Waals surface area contributed by atoms with Gasteiger partial charge in [-0.1, -0.05) is 32.9 Å². The summed E-state index contributed by atoms with van der Waals surface area (Å²) in [6.07, 6.45) is 2.85. The maximum Gasteiger partial charge on any atom is 0.537 e. The van der Waals surface area contributed by atoms with Crippen LogP contribution >= 0.6 is 12.6 Å². The molecule has 0 saturated heterocycles. The van der Waals surface area contributed by atoms with Crippen LogP contribution < -0.4 is 5.19 Å². The molecule has 0 fully saturated rings. The Hall–Kier alpha value is -0.333. The van der Waals surface area contributed by atoms with Crippen molar-refractivity contribution in [3.8, 4) is 0 Å². The van der Waals surface area contributed by atoms with Crippen molar-refractivity contribution >= 4 is 26.6 Å². The molecule has 0 atom stereocenters. The second kappa shape index (κ2) is 9.58. The predicted octanol–water partition coefficient (Wildman–Crippen LogP) is 3.40. The van der Waals surface area contributed by atoms with E-state index in [1.54, 1.807) is 0 Å². The van der Waals surface area contributed by atoms with Gasteiger partial charge in [0.1, 0.15) is 0 Å². The first kappa shape index (κ1) is 17.7. The van der Waals surface area contributed by atoms with Gasteiger partial charge in [-0.25, -0.2) is 0 Å². The third-order valence-corrected chi connectivity index (χ3v) is 5.80. The predicted molar refractivity (Wildman–Crippen MR) is 87.8 cm³/mol. The monoisotopic (exact) mass is 314 g/mol. The highest BCUT2D eigenvalue weighted by Gasteiger charge is 2.43. The molecule has 0 radical (unpaired) electrons. The summed E-state index contributed by atoms with van der Waals surface area (Å²) < 4.78 is 18.2. The molecule has 0 aliphatic carbocycles. The third kappa shape index (κ3) is 5.22. The molecule has 0 N–H and O–H groups in total. The Labute approximate surface area is 129 Å². The van der Waals surface area contributed by atoms with Gasteiger partial charge in [-0.05, 0) is 31.4 Å². The van der Waals surface area contributed by atoms with Crippen molar-refractivity contribution in [2.45, 2.75) is 44.9 Å². The summed E-state index contributed by atoms with van der Waals surface area (Å²) in [7, 11) is -2.79. The van der Waals surface area contributed by atoms with Gasteiger partial charge in [0.2, 0.25) is 0 Å². The molecule has 5 heteroatoms. The molecule has 0 aromatic heterocycles. The topological polar surface area (TPSA) is 27.7 Å². The Morgan fingerprint density at radius 1 is 0.800 bits per heavy atom. The van der Waals surface area contributed by atoms with Crippen molar-refractivity contribution in [3.63, 3.8) is 0 Å². The van der Waals surface area contributed by atoms with Crippen LogP contribution in [0.5, 0.6) is 0 Å². The van der Waals surface area contributed by atoms with Crippen molar-refractivity contribution in [2.24, 2.45) is 0 Å². The average Bonchev–Trinajstić information content (AvgIpc) is 2.48. The van der Waals surface area contributed by atoms with E-state index >= 15 is 0 Å². The highest BCUT2D eigenvalue weighted by atomic mass is 32.1. The minimum Gasteiger partial charge on any atom is -0.370 e. The first-order valence-electron chi connectivity index (χ1n) is 7.39. The molecule has 114 valence electrons. The van der Waals surface area contributed by atoms with E-state index in [2.05, 4.69) is 33.4 Å². The van der Waals surface area contributed by atoms with E-state index in [1.165, 1.54) is 0 Å². The van der Waals surface area contributed by atoms with Crippen LogP contribution in [0.15, 0.2) is 29.2 Å². The van der Waals surface area contributed by atoms with E-state index in [-0.39, 0.29) is 0 Å². The third-order valence-electron chi connectivity index (χ3n) is 2.71. The molecule has 20 heavy (non-hydrogen) atoms. The van der Waals surface area contributed by atoms with Gasteiger partial charge in [0.25, 0.3) is 0 Å². The van der Waals surface area contributed by atoms with E-state index < -0.39 is 8.80 Å². The molecule has 0 aliphatic heterocycles. The first-order valence-corrected chi connectivity index (χ1v) is 9.57. The Kier molecular flexibility index (Phi) is 8.48. The minimum absolute atomic E-state index is 0.655. The van der Waals surface area contributed by atoms with Crippen LogP contribution in [0, 0.1) is 0 Å². The van der Waals surface area contributed by atoms with Crippen molar-refractivity contribution in [2.75, 3.05) is 19.8 Å². The zero-order valence-electron chi connectivity index (χ0n) is 12.7. The molecular weight excluding hydrogens is 288 g/mol. The summed E-state index contributed by atoms with van der Waals surface area (Å²) in [4.78, 5) is 0.929. The number of thiol groups is 1. The standard InChI is InChI=1S/C15H26O3SSi/c1-4-11-16-20(17-12-5-2,18-13-6-3)15-9-7-14(19)8-10-15/h7-10,19H,4-6,11-13H2,1-3H3. The van der Waals surface area contributed by atoms with E-state index in [1.807, 2.05) is 24.3 Å². The van der Waals surface area contributed by atoms with Gasteiger partial charge in [-0.3, -0.25) is 0 Å². The van der Waals surface area contributed by atoms with E-state index in [0.717, 1.165) is 29.3 Å². The molecule has 3 nitrogen and oxygen atoms in total. The van der Waals surface area contributed by atoms with Crippen LogP contribution in [0.4, 0.5) is 0 Å². The lowest BCUT2D eigenvalue weighted by atomic mass is 10.4. The molecule has 1 aromatic rings. The normalized spacial score (nSPS) is 11.8. The summed E-state index contributed by atoms with van der Waals surface area (Å²) in [5.74, 6) is 0. The average molecular weight is 315 g/mol. The van der Waals surface area contributed by atoms with Crippen molar-refractivity contribution in [1.29, 1.82) is 0 Å². The Morgan fingerprint density at radius 3 is 1.55 bits per heavy atom. The van der Waals surface area contributed by atoms with Gasteiger partial charge in [0, 0.05) is 29.9 Å². The molecule has 1 rings (SSSR count). The molecule has 0 unspecified atom stereocenters. The maximum atomic E-state index is 6.08. The van der Waals surface area contributed by atoms with Crippen LogP contribution in [-0.4, -0.2) is 28.6 Å². The molecule has 0 spiro atoms. The first-order chi connectivity index (χ1) is 9.68. The van der Waals surface area contributed by atoms with Gasteiger partial charge in [-0.15, -0.1) is 12.6 Å². The molecule has 1 aromatic carbocycles. The fourth-order valence-electron chi connectivity index (χ4n) is 1.75. The highest BCUT2D eigenvalue weighted by molar-refractivity contribution is 7.80. The minimum atomic E-state index is -2.79. The van der Waals surface area contributed by atoms with Gasteiger partial charge in [0.15, 0.2) is 0 Å². The summed E-state index contributed by atoms with van der Waals surface area (Å²) >= 11 is 4.33. The summed E-state index contributed by atoms with van der Waals surface area (Å²) in [6.45, 7) is 8.24. The van der Waals surface area contributed by atoms with Crippen LogP contribution in [0.1, 0.15) is 40.0 Å². The van der Waals surface area contributed by atoms with E-state index in [4.69, 9.17) is 13.3 Å². The van der Waals surface area contributed by atoms with Crippen LogP contribution in [-0.2, 0) is 13.3 Å². The summed E-state index contributed by atoms with van der Waals surface area (Å²) in [6, 6.07) is 7.94. The van der Waals surface area contributed by atoms with Gasteiger partial charge < -0.3 is 13.3 Å². The zero-order valence-corrected chi connectivity index (χ0v) is 14.6. The molecule has 0 aliphatic rings. The van der Waals surface area contributed by atoms with Crippen molar-refractivity contribution < 1.29 is 13.3 Å². The SMILES string of the molecule is CCCO[Si](OCCC)(OCCC)c1ccc(S)cc1. The zero-order chi connectivity index (χ0) is 14.8. The number of benzene rings is 1. The summed E-state index contributed by atoms with van der Waals surface area (Å²) in [5, 5.41) is 1.02. The Balaban J connectivity index is 3.00. The van der Waals surface area contributed by atoms with Gasteiger partial charge in [-0.2, -0.15) is 0 Å². The molecule has 0 heterocycles. The molecular formula is C15H26O3SSi. The number of hydrogen-bond acceptors (Lipinski definition) is 4. The lowest BCUT2D eigenvalue weighted by molar-refractivity contribution is 0.0732. The quantitative estimate of drug-likeness (QED) is 0.530. The van der Waals surface area contributed by atoms with Crippen molar-refractivity contribution in [1.82, 2.24) is 0 Å². The van der Waals surface area contributed by atoms with Gasteiger partial charge in [0.05, 0.1) is 0 Å². The van der Waals surface area contributed by atoms with E-state index in [9.17, 15) is 0 Å². The second-order valence-corrected chi connectivity index (χ2v) is 7.72. The van der Waals surface area contributed by atoms with E-state index in [0.29, 0.717) is 19.8 Å². The smallest absolute Gasteiger partial charge is 0.370 e. The molecule has 0 amide bonds. The fraction of sp³-hybridized carbons (Fsp3) is 0.600. The number of hydrogen-bond donors (Lipinski definition) is 1. The Morgan fingerprint density at radius 2 is 1.20 bits per heavy atom. The van der Waals surface area contributed by atoms with Crippen LogP contribution in [0.2, 0.25) is 0 Å². The van der Waals surface area contributed by atoms with Crippen molar-refractivity contribution in [3.05, 3.63) is 24.3 Å². The largest absolute Gasteiger partial charge is 0.537 e. The molecule has 0 saturated carbocycles. The fourth-order valence-corrected chi connectivity index (χ4v) is 4.64. The van der Waals surface area contributed by atoms with Gasteiger partial charge >= 0.3 is 8.80 Å². The second-order valence-electron chi connectivity index (χ2n) is 4.65. The summed E-state index contributed by atoms with van der Waals surface area (Å²) in [5.41, 5.74) is 0. The van der Waals surface area contributed by atoms with Crippen LogP contribution in [0.3, 0.4) is 0 Å². The lowest BCUT2D eigenvalue weighted by Crippen LogP contribution is -2.57. The molecule has 0 bridgehead atoms. The van der Waals surface area contributed by atoms with Crippen LogP contribution in [0.25, 0.3) is 0 Å². The number of rotatable bonds is 10. The Bertz CT molecular complexity index is 348. The lowest BCUT2D eigenvalue weighted by Gasteiger charge is -2.29.